The van der Waals surface area contributed by atoms with Crippen LogP contribution in [0.15, 0.2) is 73.2 Å². The number of amides is 2. The van der Waals surface area contributed by atoms with Gasteiger partial charge in [-0.3, -0.25) is 9.59 Å². The summed E-state index contributed by atoms with van der Waals surface area (Å²) in [6.45, 7) is -0.822. The SMILES string of the molecule is O=C(Nc1cc(-c2ccc3ncnn3c2)cc2c1C(c1cc(F)ccc1Cl)N(CO)C2=O)c1cc(F)cc(C(F)(F)F)c1. The van der Waals surface area contributed by atoms with Gasteiger partial charge in [0.25, 0.3) is 11.8 Å². The summed E-state index contributed by atoms with van der Waals surface area (Å²) in [4.78, 5) is 32.0. The predicted octanol–water partition coefficient (Wildman–Crippen LogP) is 6.09. The molecule has 1 aliphatic heterocycles. The highest BCUT2D eigenvalue weighted by Gasteiger charge is 2.41. The summed E-state index contributed by atoms with van der Waals surface area (Å²) in [5, 5.41) is 16.8. The van der Waals surface area contributed by atoms with Crippen molar-refractivity contribution >= 4 is 34.7 Å². The number of anilines is 1. The van der Waals surface area contributed by atoms with Gasteiger partial charge in [0.2, 0.25) is 0 Å². The lowest BCUT2D eigenvalue weighted by Crippen LogP contribution is -2.30. The lowest BCUT2D eigenvalue weighted by atomic mass is 9.92. The van der Waals surface area contributed by atoms with E-state index in [9.17, 15) is 36.6 Å². The number of hydrogen-bond acceptors (Lipinski definition) is 5. The number of halogens is 6. The van der Waals surface area contributed by atoms with E-state index in [1.165, 1.54) is 29.0 Å². The van der Waals surface area contributed by atoms with Crippen molar-refractivity contribution in [2.75, 3.05) is 12.0 Å². The molecule has 43 heavy (non-hydrogen) atoms. The molecule has 0 fully saturated rings. The van der Waals surface area contributed by atoms with E-state index in [0.29, 0.717) is 28.9 Å². The summed E-state index contributed by atoms with van der Waals surface area (Å²) in [5.74, 6) is -3.78. The fourth-order valence-corrected chi connectivity index (χ4v) is 5.30. The molecule has 2 amide bonds. The zero-order valence-electron chi connectivity index (χ0n) is 21.5. The maximum atomic E-state index is 14.4. The molecular weight excluding hydrogens is 597 g/mol. The molecule has 5 aromatic rings. The second-order valence-corrected chi connectivity index (χ2v) is 10.0. The molecule has 0 radical (unpaired) electrons. The van der Waals surface area contributed by atoms with Crippen LogP contribution in [0.4, 0.5) is 27.6 Å². The first kappa shape index (κ1) is 28.2. The number of benzene rings is 3. The Morgan fingerprint density at radius 3 is 2.53 bits per heavy atom. The van der Waals surface area contributed by atoms with Gasteiger partial charge in [-0.25, -0.2) is 18.3 Å². The van der Waals surface area contributed by atoms with Crippen LogP contribution in [0.3, 0.4) is 0 Å². The normalized spacial score (nSPS) is 14.8. The molecule has 1 aliphatic rings. The summed E-state index contributed by atoms with van der Waals surface area (Å²) in [5.41, 5.74) is -0.491. The lowest BCUT2D eigenvalue weighted by molar-refractivity contribution is -0.137. The monoisotopic (exact) mass is 613 g/mol. The first-order valence-corrected chi connectivity index (χ1v) is 12.9. The topological polar surface area (TPSA) is 99.8 Å². The number of carbonyl (C=O) groups excluding carboxylic acids is 2. The number of nitrogens with zero attached hydrogens (tertiary/aromatic N) is 4. The Balaban J connectivity index is 1.55. The molecule has 0 saturated heterocycles. The average Bonchev–Trinajstić information content (AvgIpc) is 3.55. The first-order valence-electron chi connectivity index (χ1n) is 12.5. The summed E-state index contributed by atoms with van der Waals surface area (Å²) in [7, 11) is 0. The third-order valence-corrected chi connectivity index (χ3v) is 7.35. The van der Waals surface area contributed by atoms with E-state index >= 15 is 0 Å². The summed E-state index contributed by atoms with van der Waals surface area (Å²) < 4.78 is 70.1. The van der Waals surface area contributed by atoms with Crippen LogP contribution in [0.25, 0.3) is 16.8 Å². The van der Waals surface area contributed by atoms with Crippen LogP contribution >= 0.6 is 11.6 Å². The van der Waals surface area contributed by atoms with E-state index in [2.05, 4.69) is 15.4 Å². The van der Waals surface area contributed by atoms with Gasteiger partial charge in [-0.15, -0.1) is 0 Å². The van der Waals surface area contributed by atoms with Crippen molar-refractivity contribution < 1.29 is 36.6 Å². The number of pyridine rings is 1. The van der Waals surface area contributed by atoms with Gasteiger partial charge in [0.1, 0.15) is 24.7 Å². The van der Waals surface area contributed by atoms with Gasteiger partial charge in [0.15, 0.2) is 5.65 Å². The average molecular weight is 614 g/mol. The fraction of sp³-hybridized carbons (Fsp3) is 0.103. The van der Waals surface area contributed by atoms with Crippen LogP contribution in [-0.2, 0) is 6.18 Å². The van der Waals surface area contributed by atoms with E-state index < -0.39 is 53.5 Å². The van der Waals surface area contributed by atoms with E-state index in [1.54, 1.807) is 18.3 Å². The quantitative estimate of drug-likeness (QED) is 0.234. The number of aromatic nitrogens is 3. The van der Waals surface area contributed by atoms with E-state index in [0.717, 1.165) is 17.0 Å². The van der Waals surface area contributed by atoms with Gasteiger partial charge in [0.05, 0.1) is 11.6 Å². The fourth-order valence-electron chi connectivity index (χ4n) is 5.08. The number of fused-ring (bicyclic) bond motifs is 2. The lowest BCUT2D eigenvalue weighted by Gasteiger charge is -2.25. The molecule has 14 heteroatoms. The Morgan fingerprint density at radius 2 is 1.79 bits per heavy atom. The van der Waals surface area contributed by atoms with Gasteiger partial charge < -0.3 is 15.3 Å². The molecule has 1 unspecified atom stereocenters. The van der Waals surface area contributed by atoms with Crippen LogP contribution in [0.2, 0.25) is 5.02 Å². The predicted molar refractivity (Wildman–Crippen MR) is 144 cm³/mol. The molecule has 0 saturated carbocycles. The number of hydrogen-bond donors (Lipinski definition) is 2. The number of carbonyl (C=O) groups is 2. The maximum absolute atomic E-state index is 14.4. The number of rotatable bonds is 5. The molecule has 0 aliphatic carbocycles. The van der Waals surface area contributed by atoms with Crippen molar-refractivity contribution in [1.82, 2.24) is 19.5 Å². The van der Waals surface area contributed by atoms with Crippen LogP contribution in [0.5, 0.6) is 0 Å². The maximum Gasteiger partial charge on any atom is 0.416 e. The van der Waals surface area contributed by atoms with Crippen molar-refractivity contribution in [1.29, 1.82) is 0 Å². The number of nitrogens with one attached hydrogen (secondary N) is 1. The standard InChI is InChI=1S/C29H17ClF5N5O3/c30-22-3-2-18(31)10-20(22)26-25-21(28(43)39(26)13-41)7-15(14-1-4-24-36-12-37-40(24)11-14)8-23(25)38-27(42)16-5-17(29(33,34)35)9-19(32)6-16/h1-12,26,41H,13H2,(H,38,42). The van der Waals surface area contributed by atoms with Gasteiger partial charge in [-0.05, 0) is 66.2 Å². The van der Waals surface area contributed by atoms with Crippen molar-refractivity contribution in [3.05, 3.63) is 118 Å². The Morgan fingerprint density at radius 1 is 1.00 bits per heavy atom. The van der Waals surface area contributed by atoms with Crippen LogP contribution in [0, 0.1) is 11.6 Å². The Hall–Kier alpha value is -4.88. The highest BCUT2D eigenvalue weighted by Crippen LogP contribution is 2.46. The van der Waals surface area contributed by atoms with E-state index in [-0.39, 0.29) is 33.5 Å². The molecule has 3 aromatic carbocycles. The largest absolute Gasteiger partial charge is 0.416 e. The van der Waals surface area contributed by atoms with Crippen LogP contribution in [0.1, 0.15) is 43.4 Å². The molecule has 2 N–H and O–H groups in total. The molecule has 8 nitrogen and oxygen atoms in total. The third kappa shape index (κ3) is 5.06. The van der Waals surface area contributed by atoms with Crippen molar-refractivity contribution in [2.45, 2.75) is 12.2 Å². The Labute approximate surface area is 244 Å². The van der Waals surface area contributed by atoms with Gasteiger partial charge in [-0.1, -0.05) is 11.6 Å². The highest BCUT2D eigenvalue weighted by atomic mass is 35.5. The second-order valence-electron chi connectivity index (χ2n) is 9.63. The van der Waals surface area contributed by atoms with Crippen molar-refractivity contribution in [3.63, 3.8) is 0 Å². The van der Waals surface area contributed by atoms with Crippen LogP contribution in [-0.4, -0.2) is 43.1 Å². The smallest absolute Gasteiger partial charge is 0.376 e. The highest BCUT2D eigenvalue weighted by molar-refractivity contribution is 6.31. The van der Waals surface area contributed by atoms with E-state index in [4.69, 9.17) is 11.6 Å². The molecule has 0 bridgehead atoms. The van der Waals surface area contributed by atoms with E-state index in [1.807, 2.05) is 0 Å². The third-order valence-electron chi connectivity index (χ3n) is 7.00. The minimum Gasteiger partial charge on any atom is -0.376 e. The molecule has 218 valence electrons. The number of aliphatic hydroxyl groups excluding tert-OH is 1. The number of alkyl halides is 3. The molecule has 6 rings (SSSR count). The Kier molecular flexibility index (Phi) is 6.86. The first-order chi connectivity index (χ1) is 20.4. The second kappa shape index (κ2) is 10.4. The van der Waals surface area contributed by atoms with Gasteiger partial charge in [-0.2, -0.15) is 18.3 Å². The van der Waals surface area contributed by atoms with Gasteiger partial charge in [0, 0.05) is 44.7 Å². The van der Waals surface area contributed by atoms with Gasteiger partial charge >= 0.3 is 6.18 Å². The molecular formula is C29H17ClF5N5O3. The summed E-state index contributed by atoms with van der Waals surface area (Å²) >= 11 is 6.38. The molecule has 0 spiro atoms. The van der Waals surface area contributed by atoms with Crippen LogP contribution < -0.4 is 5.32 Å². The number of aliphatic hydroxyl groups is 1. The molecule has 2 aromatic heterocycles. The summed E-state index contributed by atoms with van der Waals surface area (Å²) in [6.07, 6.45) is -1.99. The Bertz CT molecular complexity index is 1940. The van der Waals surface area contributed by atoms with Crippen molar-refractivity contribution in [2.24, 2.45) is 0 Å². The zero-order valence-corrected chi connectivity index (χ0v) is 22.3. The molecule has 1 atom stereocenters. The zero-order chi connectivity index (χ0) is 30.6. The minimum atomic E-state index is -4.93. The van der Waals surface area contributed by atoms with Crippen molar-refractivity contribution in [3.8, 4) is 11.1 Å². The summed E-state index contributed by atoms with van der Waals surface area (Å²) in [6, 6.07) is 9.88. The minimum absolute atomic E-state index is 0.00101. The molecule has 3 heterocycles.